The molecule has 0 atom stereocenters. The van der Waals surface area contributed by atoms with Crippen LogP contribution < -0.4 is 29.6 Å². The van der Waals surface area contributed by atoms with Crippen molar-refractivity contribution in [1.82, 2.24) is 4.90 Å². The summed E-state index contributed by atoms with van der Waals surface area (Å²) in [6.45, 7) is 2.25. The van der Waals surface area contributed by atoms with Crippen LogP contribution in [-0.2, 0) is 14.9 Å². The van der Waals surface area contributed by atoms with Crippen LogP contribution in [0.3, 0.4) is 0 Å². The normalized spacial score (nSPS) is 11.2. The van der Waals surface area contributed by atoms with Crippen molar-refractivity contribution in [3.63, 3.8) is 0 Å². The molecule has 162 valence electrons. The van der Waals surface area contributed by atoms with Gasteiger partial charge in [-0.1, -0.05) is 96.8 Å². The van der Waals surface area contributed by atoms with Gasteiger partial charge >= 0.3 is 29.6 Å². The predicted molar refractivity (Wildman–Crippen MR) is 112 cm³/mol. The molecule has 0 unspecified atom stereocenters. The first-order chi connectivity index (χ1) is 12.9. The average molecular weight is 428 g/mol. The minimum atomic E-state index is -4.25. The van der Waals surface area contributed by atoms with Crippen LogP contribution >= 0.6 is 0 Å². The summed E-state index contributed by atoms with van der Waals surface area (Å²) >= 11 is 0. The van der Waals surface area contributed by atoms with Gasteiger partial charge in [-0.05, 0) is 6.42 Å². The summed E-state index contributed by atoms with van der Waals surface area (Å²) in [7, 11) is -2.69. The van der Waals surface area contributed by atoms with E-state index < -0.39 is 15.9 Å². The number of unbranched alkanes of at least 4 members (excludes halogenated alkanes) is 14. The van der Waals surface area contributed by atoms with Gasteiger partial charge in [0.1, 0.15) is 0 Å². The molecule has 5 nitrogen and oxygen atoms in total. The minimum absolute atomic E-state index is 0. The molecule has 0 aliphatic heterocycles. The molecule has 28 heavy (non-hydrogen) atoms. The number of carbonyl (C=O) groups is 1. The van der Waals surface area contributed by atoms with Crippen molar-refractivity contribution in [3.8, 4) is 0 Å². The number of carbonyl (C=O) groups excluding carboxylic acids is 1. The first-order valence-corrected chi connectivity index (χ1v) is 12.6. The summed E-state index contributed by atoms with van der Waals surface area (Å²) in [5, 5.41) is 0. The van der Waals surface area contributed by atoms with Crippen molar-refractivity contribution >= 4 is 16.0 Å². The van der Waals surface area contributed by atoms with E-state index in [1.165, 1.54) is 81.9 Å². The molecule has 0 aromatic carbocycles. The Morgan fingerprint density at radius 2 is 1.11 bits per heavy atom. The molecule has 0 heterocycles. The number of hydrogen-bond acceptors (Lipinski definition) is 4. The second kappa shape index (κ2) is 20.6. The largest absolute Gasteiger partial charge is 1.00 e. The van der Waals surface area contributed by atoms with E-state index in [1.807, 2.05) is 0 Å². The zero-order chi connectivity index (χ0) is 20.4. The molecule has 0 radical (unpaired) electrons. The predicted octanol–water partition coefficient (Wildman–Crippen LogP) is 2.26. The Bertz CT molecular complexity index is 457. The average Bonchev–Trinajstić information content (AvgIpc) is 2.62. The first kappa shape index (κ1) is 30.6. The van der Waals surface area contributed by atoms with Crippen LogP contribution in [0.1, 0.15) is 110 Å². The van der Waals surface area contributed by atoms with Crippen LogP contribution in [-0.4, -0.2) is 43.1 Å². The first-order valence-electron chi connectivity index (χ1n) is 11.0. The standard InChI is InChI=1S/C21H43NO4S.Na/c1-3-4-5-6-7-8-9-10-11-12-13-14-15-16-17-18-21(23)22(2)19-20-27(24,25)26;/h3-20H2,1-2H3,(H,24,25,26);/q;+1/p-1. The Kier molecular flexibility index (Phi) is 22.5. The van der Waals surface area contributed by atoms with Crippen LogP contribution in [0.5, 0.6) is 0 Å². The monoisotopic (exact) mass is 427 g/mol. The fraction of sp³-hybridized carbons (Fsp3) is 0.952. The minimum Gasteiger partial charge on any atom is -0.748 e. The van der Waals surface area contributed by atoms with E-state index >= 15 is 0 Å². The van der Waals surface area contributed by atoms with Gasteiger partial charge in [0.05, 0.1) is 15.9 Å². The molecule has 0 spiro atoms. The Morgan fingerprint density at radius 1 is 0.750 bits per heavy atom. The fourth-order valence-corrected chi connectivity index (χ4v) is 3.71. The molecule has 0 saturated carbocycles. The molecular weight excluding hydrogens is 385 g/mol. The maximum Gasteiger partial charge on any atom is 1.00 e. The molecule has 0 rings (SSSR count). The molecule has 0 N–H and O–H groups in total. The Hall–Kier alpha value is 0.380. The van der Waals surface area contributed by atoms with Gasteiger partial charge in [-0.2, -0.15) is 0 Å². The summed E-state index contributed by atoms with van der Waals surface area (Å²) in [6.07, 6.45) is 19.7. The summed E-state index contributed by atoms with van der Waals surface area (Å²) in [5.41, 5.74) is 0. The molecule has 7 heteroatoms. The molecule has 0 aromatic heterocycles. The van der Waals surface area contributed by atoms with Crippen molar-refractivity contribution in [1.29, 1.82) is 0 Å². The van der Waals surface area contributed by atoms with Crippen molar-refractivity contribution in [2.75, 3.05) is 19.3 Å². The van der Waals surface area contributed by atoms with E-state index in [0.29, 0.717) is 6.42 Å². The van der Waals surface area contributed by atoms with E-state index in [9.17, 15) is 17.8 Å². The molecule has 1 amide bonds. The van der Waals surface area contributed by atoms with Crippen molar-refractivity contribution in [2.45, 2.75) is 110 Å². The quantitative estimate of drug-likeness (QED) is 0.180. The zero-order valence-electron chi connectivity index (χ0n) is 18.7. The zero-order valence-corrected chi connectivity index (χ0v) is 21.5. The third kappa shape index (κ3) is 22.7. The van der Waals surface area contributed by atoms with Gasteiger partial charge < -0.3 is 9.45 Å². The molecule has 0 bridgehead atoms. The van der Waals surface area contributed by atoms with Crippen LogP contribution in [0.25, 0.3) is 0 Å². The number of nitrogens with zero attached hydrogens (tertiary/aromatic N) is 1. The third-order valence-corrected chi connectivity index (χ3v) is 5.78. The van der Waals surface area contributed by atoms with E-state index in [0.717, 1.165) is 19.3 Å². The van der Waals surface area contributed by atoms with Crippen molar-refractivity contribution < 1.29 is 47.3 Å². The van der Waals surface area contributed by atoms with E-state index in [1.54, 1.807) is 7.05 Å². The van der Waals surface area contributed by atoms with E-state index in [4.69, 9.17) is 0 Å². The molecule has 0 aliphatic rings. The Labute approximate surface area is 196 Å². The number of hydrogen-bond donors (Lipinski definition) is 0. The van der Waals surface area contributed by atoms with Crippen molar-refractivity contribution in [3.05, 3.63) is 0 Å². The third-order valence-electron chi connectivity index (χ3n) is 5.10. The Morgan fingerprint density at radius 3 is 1.46 bits per heavy atom. The second-order valence-corrected chi connectivity index (χ2v) is 9.30. The van der Waals surface area contributed by atoms with E-state index in [-0.39, 0.29) is 42.0 Å². The van der Waals surface area contributed by atoms with Crippen LogP contribution in [0, 0.1) is 0 Å². The van der Waals surface area contributed by atoms with Crippen molar-refractivity contribution in [2.24, 2.45) is 0 Å². The van der Waals surface area contributed by atoms with Gasteiger partial charge in [0.25, 0.3) is 0 Å². The molecule has 0 aliphatic carbocycles. The van der Waals surface area contributed by atoms with E-state index in [2.05, 4.69) is 6.92 Å². The molecule has 0 aromatic rings. The van der Waals surface area contributed by atoms with Crippen LogP contribution in [0.4, 0.5) is 0 Å². The summed E-state index contributed by atoms with van der Waals surface area (Å²) in [5.74, 6) is -0.581. The van der Waals surface area contributed by atoms with Crippen LogP contribution in [0.15, 0.2) is 0 Å². The summed E-state index contributed by atoms with van der Waals surface area (Å²) < 4.78 is 31.7. The summed E-state index contributed by atoms with van der Waals surface area (Å²) in [6, 6.07) is 0. The van der Waals surface area contributed by atoms with Gasteiger partial charge in [-0.25, -0.2) is 8.42 Å². The van der Waals surface area contributed by atoms with Gasteiger partial charge in [0.15, 0.2) is 0 Å². The van der Waals surface area contributed by atoms with Gasteiger partial charge in [0, 0.05) is 20.0 Å². The number of amides is 1. The van der Waals surface area contributed by atoms with Crippen LogP contribution in [0.2, 0.25) is 0 Å². The topological polar surface area (TPSA) is 77.5 Å². The number of rotatable bonds is 19. The summed E-state index contributed by atoms with van der Waals surface area (Å²) in [4.78, 5) is 13.2. The molecular formula is C21H42NNaO4S. The fourth-order valence-electron chi connectivity index (χ4n) is 3.21. The van der Waals surface area contributed by atoms with Gasteiger partial charge in [0.2, 0.25) is 5.91 Å². The van der Waals surface area contributed by atoms with Gasteiger partial charge in [-0.3, -0.25) is 4.79 Å². The molecule has 0 fully saturated rings. The maximum atomic E-state index is 11.8. The smallest absolute Gasteiger partial charge is 0.748 e. The second-order valence-electron chi connectivity index (χ2n) is 7.78. The SMILES string of the molecule is CCCCCCCCCCCCCCCCCC(=O)N(C)CCS(=O)(=O)[O-].[Na+]. The molecule has 0 saturated heterocycles. The van der Waals surface area contributed by atoms with Gasteiger partial charge in [-0.15, -0.1) is 0 Å². The Balaban J connectivity index is 0. The maximum absolute atomic E-state index is 11.8.